The van der Waals surface area contributed by atoms with E-state index in [-0.39, 0.29) is 17.4 Å². The van der Waals surface area contributed by atoms with Crippen LogP contribution in [-0.4, -0.2) is 43.3 Å². The summed E-state index contributed by atoms with van der Waals surface area (Å²) in [6, 6.07) is 7.24. The number of likely N-dealkylation sites (N-methyl/N-ethyl adjacent to an activating group) is 1. The Kier molecular flexibility index (Phi) is 6.11. The van der Waals surface area contributed by atoms with E-state index in [0.717, 1.165) is 4.31 Å². The number of hydrogen-bond donors (Lipinski definition) is 1. The third-order valence-corrected chi connectivity index (χ3v) is 5.11. The van der Waals surface area contributed by atoms with E-state index in [0.29, 0.717) is 17.1 Å². The Labute approximate surface area is 151 Å². The lowest BCUT2D eigenvalue weighted by atomic mass is 10.3. The number of aryl methyl sites for hydroxylation is 1. The summed E-state index contributed by atoms with van der Waals surface area (Å²) in [4.78, 5) is 22.8. The highest BCUT2D eigenvalue weighted by molar-refractivity contribution is 7.89. The Bertz CT molecular complexity index is 889. The number of esters is 1. The molecule has 26 heavy (non-hydrogen) atoms. The first kappa shape index (κ1) is 19.6. The zero-order chi connectivity index (χ0) is 19.3. The molecule has 1 aromatic carbocycles. The van der Waals surface area contributed by atoms with Crippen molar-refractivity contribution in [1.82, 2.24) is 9.46 Å². The number of carbonyl (C=O) groups is 2. The van der Waals surface area contributed by atoms with Gasteiger partial charge in [-0.25, -0.2) is 8.42 Å². The Hall–Kier alpha value is -2.72. The van der Waals surface area contributed by atoms with Gasteiger partial charge in [-0.2, -0.15) is 4.31 Å². The van der Waals surface area contributed by atoms with Crippen molar-refractivity contribution in [2.24, 2.45) is 0 Å². The number of sulfonamides is 1. The molecule has 0 radical (unpaired) electrons. The second-order valence-electron chi connectivity index (χ2n) is 5.56. The lowest BCUT2D eigenvalue weighted by Gasteiger charge is -2.16. The van der Waals surface area contributed by atoms with Crippen LogP contribution in [0.2, 0.25) is 0 Å². The van der Waals surface area contributed by atoms with Crippen molar-refractivity contribution in [2.45, 2.75) is 25.3 Å². The van der Waals surface area contributed by atoms with Gasteiger partial charge in [0.1, 0.15) is 24.6 Å². The standard InChI is InChI=1S/C16H19N3O6S/c1-11-8-14(18-25-11)10-24-16(21)9-19(3)26(22,23)15-6-4-13(5-7-15)17-12(2)20/h4-8H,9-10H2,1-3H3,(H,17,20). The van der Waals surface area contributed by atoms with Gasteiger partial charge < -0.3 is 14.6 Å². The van der Waals surface area contributed by atoms with E-state index in [1.807, 2.05) is 0 Å². The topological polar surface area (TPSA) is 119 Å². The fourth-order valence-corrected chi connectivity index (χ4v) is 3.16. The number of amides is 1. The van der Waals surface area contributed by atoms with Gasteiger partial charge in [0.05, 0.1) is 4.90 Å². The highest BCUT2D eigenvalue weighted by Crippen LogP contribution is 2.17. The predicted molar refractivity (Wildman–Crippen MR) is 91.6 cm³/mol. The molecule has 10 heteroatoms. The molecule has 0 unspecified atom stereocenters. The summed E-state index contributed by atoms with van der Waals surface area (Å²) in [7, 11) is -2.60. The summed E-state index contributed by atoms with van der Waals surface area (Å²) < 4.78 is 35.7. The van der Waals surface area contributed by atoms with Gasteiger partial charge in [-0.05, 0) is 31.2 Å². The fraction of sp³-hybridized carbons (Fsp3) is 0.312. The van der Waals surface area contributed by atoms with Crippen LogP contribution >= 0.6 is 0 Å². The first-order chi connectivity index (χ1) is 12.2. The normalized spacial score (nSPS) is 11.4. The van der Waals surface area contributed by atoms with E-state index in [9.17, 15) is 18.0 Å². The third kappa shape index (κ3) is 5.14. The Morgan fingerprint density at radius 1 is 1.27 bits per heavy atom. The molecule has 0 fully saturated rings. The molecule has 0 aliphatic heterocycles. The van der Waals surface area contributed by atoms with Gasteiger partial charge >= 0.3 is 5.97 Å². The maximum atomic E-state index is 12.5. The van der Waals surface area contributed by atoms with Crippen molar-refractivity contribution in [2.75, 3.05) is 18.9 Å². The van der Waals surface area contributed by atoms with Crippen molar-refractivity contribution in [1.29, 1.82) is 0 Å². The van der Waals surface area contributed by atoms with Gasteiger partial charge in [-0.15, -0.1) is 0 Å². The van der Waals surface area contributed by atoms with E-state index in [1.165, 1.54) is 38.2 Å². The molecule has 1 amide bonds. The summed E-state index contributed by atoms with van der Waals surface area (Å²) in [5.74, 6) is -0.396. The number of benzene rings is 1. The van der Waals surface area contributed by atoms with Gasteiger partial charge in [0.2, 0.25) is 15.9 Å². The highest BCUT2D eigenvalue weighted by Gasteiger charge is 2.23. The van der Waals surface area contributed by atoms with Crippen LogP contribution in [0.4, 0.5) is 5.69 Å². The average Bonchev–Trinajstić information content (AvgIpc) is 2.98. The monoisotopic (exact) mass is 381 g/mol. The number of carbonyl (C=O) groups excluding carboxylic acids is 2. The number of aromatic nitrogens is 1. The summed E-state index contributed by atoms with van der Waals surface area (Å²) in [5, 5.41) is 6.22. The number of nitrogens with one attached hydrogen (secondary N) is 1. The van der Waals surface area contributed by atoms with E-state index < -0.39 is 22.5 Å². The Morgan fingerprint density at radius 3 is 2.46 bits per heavy atom. The van der Waals surface area contributed by atoms with Gasteiger partial charge in [0.15, 0.2) is 0 Å². The zero-order valence-corrected chi connectivity index (χ0v) is 15.4. The van der Waals surface area contributed by atoms with Crippen LogP contribution in [0.15, 0.2) is 39.8 Å². The van der Waals surface area contributed by atoms with Crippen LogP contribution in [0, 0.1) is 6.92 Å². The second kappa shape index (κ2) is 8.11. The molecule has 1 aromatic heterocycles. The minimum absolute atomic E-state index is 0.00553. The molecule has 0 saturated carbocycles. The van der Waals surface area contributed by atoms with Gasteiger partial charge in [-0.3, -0.25) is 9.59 Å². The molecule has 1 heterocycles. The first-order valence-electron chi connectivity index (χ1n) is 7.60. The van der Waals surface area contributed by atoms with Crippen molar-refractivity contribution < 1.29 is 27.3 Å². The van der Waals surface area contributed by atoms with Crippen LogP contribution in [0.3, 0.4) is 0 Å². The molecule has 0 spiro atoms. The summed E-state index contributed by atoms with van der Waals surface area (Å²) in [6.45, 7) is 2.50. The fourth-order valence-electron chi connectivity index (χ4n) is 2.05. The molecular formula is C16H19N3O6S. The minimum atomic E-state index is -3.87. The van der Waals surface area contributed by atoms with E-state index in [1.54, 1.807) is 13.0 Å². The minimum Gasteiger partial charge on any atom is -0.458 e. The van der Waals surface area contributed by atoms with E-state index in [4.69, 9.17) is 9.26 Å². The smallest absolute Gasteiger partial charge is 0.321 e. The Morgan fingerprint density at radius 2 is 1.92 bits per heavy atom. The maximum Gasteiger partial charge on any atom is 0.321 e. The first-order valence-corrected chi connectivity index (χ1v) is 9.04. The molecule has 0 atom stereocenters. The summed E-state index contributed by atoms with van der Waals surface area (Å²) in [6.07, 6.45) is 0. The predicted octanol–water partition coefficient (Wildman–Crippen LogP) is 1.31. The third-order valence-electron chi connectivity index (χ3n) is 3.29. The van der Waals surface area contributed by atoms with Crippen LogP contribution < -0.4 is 5.32 Å². The molecule has 0 aliphatic rings. The zero-order valence-electron chi connectivity index (χ0n) is 14.6. The SMILES string of the molecule is CC(=O)Nc1ccc(S(=O)(=O)N(C)CC(=O)OCc2cc(C)on2)cc1. The molecule has 140 valence electrons. The Balaban J connectivity index is 1.96. The number of hydrogen-bond acceptors (Lipinski definition) is 7. The molecule has 9 nitrogen and oxygen atoms in total. The van der Waals surface area contributed by atoms with Gasteiger partial charge in [-0.1, -0.05) is 5.16 Å². The lowest BCUT2D eigenvalue weighted by Crippen LogP contribution is -2.33. The van der Waals surface area contributed by atoms with Crippen molar-refractivity contribution in [3.8, 4) is 0 Å². The highest BCUT2D eigenvalue weighted by atomic mass is 32.2. The van der Waals surface area contributed by atoms with Crippen LogP contribution in [0.1, 0.15) is 18.4 Å². The number of nitrogens with zero attached hydrogens (tertiary/aromatic N) is 2. The van der Waals surface area contributed by atoms with Crippen LogP contribution in [0.25, 0.3) is 0 Å². The van der Waals surface area contributed by atoms with E-state index in [2.05, 4.69) is 10.5 Å². The quantitative estimate of drug-likeness (QED) is 0.718. The second-order valence-corrected chi connectivity index (χ2v) is 7.60. The molecule has 0 saturated heterocycles. The number of anilines is 1. The molecule has 2 rings (SSSR count). The van der Waals surface area contributed by atoms with Crippen LogP contribution in [-0.2, 0) is 31.0 Å². The summed E-state index contributed by atoms with van der Waals surface area (Å²) >= 11 is 0. The largest absolute Gasteiger partial charge is 0.458 e. The molecular weight excluding hydrogens is 362 g/mol. The molecule has 1 N–H and O–H groups in total. The van der Waals surface area contributed by atoms with Crippen molar-refractivity contribution in [3.63, 3.8) is 0 Å². The molecule has 0 bridgehead atoms. The molecule has 0 aliphatic carbocycles. The summed E-state index contributed by atoms with van der Waals surface area (Å²) in [5.41, 5.74) is 0.913. The number of rotatable bonds is 7. The maximum absolute atomic E-state index is 12.5. The number of ether oxygens (including phenoxy) is 1. The average molecular weight is 381 g/mol. The van der Waals surface area contributed by atoms with Crippen molar-refractivity contribution >= 4 is 27.6 Å². The van der Waals surface area contributed by atoms with Gasteiger partial charge in [0.25, 0.3) is 0 Å². The van der Waals surface area contributed by atoms with Gasteiger partial charge in [0, 0.05) is 25.7 Å². The van der Waals surface area contributed by atoms with Crippen LogP contribution in [0.5, 0.6) is 0 Å². The lowest BCUT2D eigenvalue weighted by molar-refractivity contribution is -0.145. The van der Waals surface area contributed by atoms with E-state index >= 15 is 0 Å². The molecule has 2 aromatic rings. The van der Waals surface area contributed by atoms with Crippen molar-refractivity contribution in [3.05, 3.63) is 41.8 Å².